The Labute approximate surface area is 149 Å². The molecule has 2 aromatic rings. The third-order valence-electron chi connectivity index (χ3n) is 4.44. The third kappa shape index (κ3) is 4.73. The van der Waals surface area contributed by atoms with Crippen molar-refractivity contribution >= 4 is 22.4 Å². The first kappa shape index (κ1) is 17.8. The van der Waals surface area contributed by atoms with E-state index < -0.39 is 5.97 Å². The predicted octanol–water partition coefficient (Wildman–Crippen LogP) is 2.62. The van der Waals surface area contributed by atoms with E-state index in [0.717, 1.165) is 35.1 Å². The van der Waals surface area contributed by atoms with Gasteiger partial charge in [-0.15, -0.1) is 10.2 Å². The highest BCUT2D eigenvalue weighted by Gasteiger charge is 2.34. The molecular formula is C17H21FN4O2S. The van der Waals surface area contributed by atoms with E-state index in [1.165, 1.54) is 23.5 Å². The van der Waals surface area contributed by atoms with Crippen molar-refractivity contribution < 1.29 is 14.3 Å². The fourth-order valence-electron chi connectivity index (χ4n) is 3.01. The molecule has 8 heteroatoms. The van der Waals surface area contributed by atoms with Crippen LogP contribution >= 0.6 is 11.3 Å². The zero-order valence-electron chi connectivity index (χ0n) is 14.0. The van der Waals surface area contributed by atoms with Gasteiger partial charge in [0, 0.05) is 18.5 Å². The molecule has 1 saturated carbocycles. The van der Waals surface area contributed by atoms with Crippen LogP contribution in [0, 0.1) is 5.82 Å². The van der Waals surface area contributed by atoms with Gasteiger partial charge in [0.05, 0.1) is 6.54 Å². The lowest BCUT2D eigenvalue weighted by atomic mass is 9.85. The number of benzene rings is 1. The number of aliphatic carboxylic acids is 1. The van der Waals surface area contributed by atoms with Crippen LogP contribution in [0.25, 0.3) is 0 Å². The van der Waals surface area contributed by atoms with Gasteiger partial charge >= 0.3 is 5.97 Å². The average Bonchev–Trinajstić information content (AvgIpc) is 2.98. The van der Waals surface area contributed by atoms with Crippen molar-refractivity contribution in [3.63, 3.8) is 0 Å². The molecule has 1 aliphatic carbocycles. The van der Waals surface area contributed by atoms with Gasteiger partial charge < -0.3 is 10.4 Å². The SMILES string of the molecule is CCN(CC(=O)O)C1CC(Nc2nnc(Cc3ccc(F)cc3)s2)C1. The Balaban J connectivity index is 1.48. The fraction of sp³-hybridized carbons (Fsp3) is 0.471. The van der Waals surface area contributed by atoms with Crippen molar-refractivity contribution in [2.24, 2.45) is 0 Å². The van der Waals surface area contributed by atoms with Crippen molar-refractivity contribution in [2.75, 3.05) is 18.4 Å². The Kier molecular flexibility index (Phi) is 5.60. The molecule has 0 atom stereocenters. The molecule has 1 aliphatic rings. The number of aromatic nitrogens is 2. The fourth-order valence-corrected chi connectivity index (χ4v) is 3.86. The Hall–Kier alpha value is -2.06. The number of rotatable bonds is 8. The number of carboxylic acid groups (broad SMARTS) is 1. The topological polar surface area (TPSA) is 78.4 Å². The maximum atomic E-state index is 12.9. The summed E-state index contributed by atoms with van der Waals surface area (Å²) in [7, 11) is 0. The number of carboxylic acids is 1. The molecule has 0 spiro atoms. The molecule has 25 heavy (non-hydrogen) atoms. The van der Waals surface area contributed by atoms with Crippen molar-refractivity contribution in [3.05, 3.63) is 40.7 Å². The molecule has 1 aromatic carbocycles. The second-order valence-electron chi connectivity index (χ2n) is 6.23. The highest BCUT2D eigenvalue weighted by molar-refractivity contribution is 7.15. The van der Waals surface area contributed by atoms with Gasteiger partial charge in [-0.05, 0) is 37.1 Å². The third-order valence-corrected chi connectivity index (χ3v) is 5.29. The average molecular weight is 364 g/mol. The number of nitrogens with zero attached hydrogens (tertiary/aromatic N) is 3. The van der Waals surface area contributed by atoms with Crippen LogP contribution in [0.5, 0.6) is 0 Å². The highest BCUT2D eigenvalue weighted by Crippen LogP contribution is 2.30. The zero-order valence-corrected chi connectivity index (χ0v) is 14.8. The summed E-state index contributed by atoms with van der Waals surface area (Å²) < 4.78 is 12.9. The highest BCUT2D eigenvalue weighted by atomic mass is 32.1. The summed E-state index contributed by atoms with van der Waals surface area (Å²) in [5.74, 6) is -1.03. The molecule has 2 N–H and O–H groups in total. The molecule has 0 amide bonds. The number of anilines is 1. The van der Waals surface area contributed by atoms with Crippen molar-refractivity contribution in [2.45, 2.75) is 38.3 Å². The number of hydrogen-bond donors (Lipinski definition) is 2. The van der Waals surface area contributed by atoms with E-state index in [2.05, 4.69) is 15.5 Å². The monoisotopic (exact) mass is 364 g/mol. The molecule has 1 aromatic heterocycles. The first-order valence-corrected chi connectivity index (χ1v) is 9.14. The molecular weight excluding hydrogens is 343 g/mol. The molecule has 1 heterocycles. The van der Waals surface area contributed by atoms with Gasteiger partial charge in [0.2, 0.25) is 5.13 Å². The maximum Gasteiger partial charge on any atom is 0.317 e. The second kappa shape index (κ2) is 7.88. The Morgan fingerprint density at radius 1 is 1.36 bits per heavy atom. The Morgan fingerprint density at radius 3 is 2.72 bits per heavy atom. The lowest BCUT2D eigenvalue weighted by Gasteiger charge is -2.42. The van der Waals surface area contributed by atoms with Crippen LogP contribution in [0.15, 0.2) is 24.3 Å². The first-order valence-electron chi connectivity index (χ1n) is 8.32. The van der Waals surface area contributed by atoms with Crippen LogP contribution in [-0.2, 0) is 11.2 Å². The molecule has 0 bridgehead atoms. The van der Waals surface area contributed by atoms with Crippen LogP contribution in [0.3, 0.4) is 0 Å². The van der Waals surface area contributed by atoms with Gasteiger partial charge in [-0.25, -0.2) is 4.39 Å². The van der Waals surface area contributed by atoms with Gasteiger partial charge in [-0.1, -0.05) is 30.4 Å². The molecule has 0 unspecified atom stereocenters. The maximum absolute atomic E-state index is 12.9. The second-order valence-corrected chi connectivity index (χ2v) is 7.29. The van der Waals surface area contributed by atoms with Crippen molar-refractivity contribution in [3.8, 4) is 0 Å². The summed E-state index contributed by atoms with van der Waals surface area (Å²) in [5, 5.41) is 22.3. The Bertz CT molecular complexity index is 716. The summed E-state index contributed by atoms with van der Waals surface area (Å²) in [6.07, 6.45) is 2.46. The van der Waals surface area contributed by atoms with E-state index >= 15 is 0 Å². The number of carbonyl (C=O) groups is 1. The van der Waals surface area contributed by atoms with Crippen molar-refractivity contribution in [1.29, 1.82) is 0 Å². The van der Waals surface area contributed by atoms with E-state index in [-0.39, 0.29) is 12.4 Å². The van der Waals surface area contributed by atoms with Crippen LogP contribution in [-0.4, -0.2) is 51.3 Å². The predicted molar refractivity (Wildman–Crippen MR) is 94.4 cm³/mol. The normalized spacial score (nSPS) is 19.6. The first-order chi connectivity index (χ1) is 12.0. The van der Waals surface area contributed by atoms with Gasteiger partial charge in [-0.3, -0.25) is 9.69 Å². The molecule has 6 nitrogen and oxygen atoms in total. The van der Waals surface area contributed by atoms with Gasteiger partial charge in [-0.2, -0.15) is 0 Å². The summed E-state index contributed by atoms with van der Waals surface area (Å²) in [5.41, 5.74) is 1.00. The Morgan fingerprint density at radius 2 is 2.08 bits per heavy atom. The van der Waals surface area contributed by atoms with E-state index in [0.29, 0.717) is 18.5 Å². The smallest absolute Gasteiger partial charge is 0.317 e. The van der Waals surface area contributed by atoms with Gasteiger partial charge in [0.1, 0.15) is 10.8 Å². The molecule has 0 aliphatic heterocycles. The van der Waals surface area contributed by atoms with Crippen LogP contribution < -0.4 is 5.32 Å². The zero-order chi connectivity index (χ0) is 17.8. The van der Waals surface area contributed by atoms with Crippen LogP contribution in [0.4, 0.5) is 9.52 Å². The van der Waals surface area contributed by atoms with E-state index in [1.54, 1.807) is 12.1 Å². The summed E-state index contributed by atoms with van der Waals surface area (Å²) in [6, 6.07) is 7.01. The molecule has 0 saturated heterocycles. The molecule has 3 rings (SSSR count). The van der Waals surface area contributed by atoms with E-state index in [1.807, 2.05) is 11.8 Å². The minimum Gasteiger partial charge on any atom is -0.480 e. The lowest BCUT2D eigenvalue weighted by Crippen LogP contribution is -2.51. The summed E-state index contributed by atoms with van der Waals surface area (Å²) in [4.78, 5) is 12.8. The standard InChI is InChI=1S/C17H21FN4O2S/c1-2-22(10-16(23)24)14-8-13(9-14)19-17-21-20-15(25-17)7-11-3-5-12(18)6-4-11/h3-6,13-14H,2,7-10H2,1H3,(H,19,21)(H,23,24). The number of likely N-dealkylation sites (N-methyl/N-ethyl adjacent to an activating group) is 1. The minimum absolute atomic E-state index is 0.0918. The van der Waals surface area contributed by atoms with Crippen molar-refractivity contribution in [1.82, 2.24) is 15.1 Å². The minimum atomic E-state index is -0.784. The van der Waals surface area contributed by atoms with E-state index in [9.17, 15) is 9.18 Å². The summed E-state index contributed by atoms with van der Waals surface area (Å²) in [6.45, 7) is 2.81. The molecule has 1 fully saturated rings. The van der Waals surface area contributed by atoms with Crippen LogP contribution in [0.1, 0.15) is 30.3 Å². The number of halogens is 1. The quantitative estimate of drug-likeness (QED) is 0.750. The van der Waals surface area contributed by atoms with Crippen LogP contribution in [0.2, 0.25) is 0 Å². The molecule has 0 radical (unpaired) electrons. The number of nitrogens with one attached hydrogen (secondary N) is 1. The number of hydrogen-bond acceptors (Lipinski definition) is 6. The largest absolute Gasteiger partial charge is 0.480 e. The molecule has 134 valence electrons. The summed E-state index contributed by atoms with van der Waals surface area (Å²) >= 11 is 1.50. The lowest BCUT2D eigenvalue weighted by molar-refractivity contribution is -0.139. The van der Waals surface area contributed by atoms with Gasteiger partial charge in [0.25, 0.3) is 0 Å². The van der Waals surface area contributed by atoms with E-state index in [4.69, 9.17) is 5.11 Å². The van der Waals surface area contributed by atoms with Gasteiger partial charge in [0.15, 0.2) is 0 Å².